The van der Waals surface area contributed by atoms with E-state index in [0.717, 1.165) is 0 Å². The van der Waals surface area contributed by atoms with E-state index in [2.05, 4.69) is 9.97 Å². The smallest absolute Gasteiger partial charge is 0.392 e. The number of nitrogen functional groups attached to an aromatic ring is 1. The summed E-state index contributed by atoms with van der Waals surface area (Å²) in [4.78, 5) is 10.0. The molecule has 0 bridgehead atoms. The van der Waals surface area contributed by atoms with Gasteiger partial charge in [0, 0.05) is 32.1 Å². The Bertz CT molecular complexity index is 727. The number of alkyl halides is 3. The second-order valence-corrected chi connectivity index (χ2v) is 5.78. The van der Waals surface area contributed by atoms with Crippen LogP contribution in [-0.4, -0.2) is 36.3 Å². The minimum Gasteiger partial charge on any atom is -0.455 e. The third-order valence-electron chi connectivity index (χ3n) is 4.17. The molecule has 6 nitrogen and oxygen atoms in total. The highest BCUT2D eigenvalue weighted by Gasteiger charge is 2.43. The van der Waals surface area contributed by atoms with Gasteiger partial charge in [0.05, 0.1) is 5.92 Å². The summed E-state index contributed by atoms with van der Waals surface area (Å²) in [5.74, 6) is -0.370. The lowest BCUT2D eigenvalue weighted by Crippen LogP contribution is -2.28. The van der Waals surface area contributed by atoms with Crippen molar-refractivity contribution < 1.29 is 17.6 Å². The molecule has 0 aliphatic heterocycles. The van der Waals surface area contributed by atoms with E-state index >= 15 is 0 Å². The minimum atomic E-state index is -4.22. The SMILES string of the molecule is CN(CCN)c1nc(N)nc2c3c(oc12)CCC(C(F)(F)F)C3. The van der Waals surface area contributed by atoms with E-state index in [0.29, 0.717) is 41.3 Å². The third kappa shape index (κ3) is 2.80. The molecular formula is C14H18F3N5O. The lowest BCUT2D eigenvalue weighted by atomic mass is 9.87. The largest absolute Gasteiger partial charge is 0.455 e. The van der Waals surface area contributed by atoms with Crippen LogP contribution in [0, 0.1) is 5.92 Å². The number of fused-ring (bicyclic) bond motifs is 3. The lowest BCUT2D eigenvalue weighted by Gasteiger charge is -2.23. The van der Waals surface area contributed by atoms with Gasteiger partial charge in [0.2, 0.25) is 5.95 Å². The molecule has 0 saturated carbocycles. The zero-order chi connectivity index (χ0) is 16.8. The molecule has 4 N–H and O–H groups in total. The second kappa shape index (κ2) is 5.55. The van der Waals surface area contributed by atoms with E-state index < -0.39 is 12.1 Å². The van der Waals surface area contributed by atoms with Crippen molar-refractivity contribution in [2.45, 2.75) is 25.4 Å². The summed E-state index contributed by atoms with van der Waals surface area (Å²) in [6.45, 7) is 0.917. The van der Waals surface area contributed by atoms with E-state index in [1.807, 2.05) is 0 Å². The molecule has 1 aliphatic rings. The fourth-order valence-electron chi connectivity index (χ4n) is 2.97. The van der Waals surface area contributed by atoms with E-state index in [9.17, 15) is 13.2 Å². The van der Waals surface area contributed by atoms with E-state index in [1.165, 1.54) is 0 Å². The molecule has 23 heavy (non-hydrogen) atoms. The van der Waals surface area contributed by atoms with Gasteiger partial charge in [0.1, 0.15) is 11.3 Å². The number of aromatic nitrogens is 2. The van der Waals surface area contributed by atoms with Gasteiger partial charge < -0.3 is 20.8 Å². The van der Waals surface area contributed by atoms with Crippen molar-refractivity contribution >= 4 is 22.9 Å². The van der Waals surface area contributed by atoms with Crippen molar-refractivity contribution in [3.8, 4) is 0 Å². The molecule has 0 fully saturated rings. The van der Waals surface area contributed by atoms with Gasteiger partial charge in [-0.2, -0.15) is 18.2 Å². The first kappa shape index (κ1) is 15.9. The zero-order valence-electron chi connectivity index (χ0n) is 12.7. The molecule has 2 aromatic rings. The highest BCUT2D eigenvalue weighted by atomic mass is 19.4. The first-order chi connectivity index (χ1) is 10.8. The van der Waals surface area contributed by atoms with Crippen molar-refractivity contribution in [2.24, 2.45) is 11.7 Å². The van der Waals surface area contributed by atoms with E-state index in [4.69, 9.17) is 15.9 Å². The Labute approximate surface area is 130 Å². The zero-order valence-corrected chi connectivity index (χ0v) is 12.7. The van der Waals surface area contributed by atoms with Crippen molar-refractivity contribution in [3.63, 3.8) is 0 Å². The van der Waals surface area contributed by atoms with E-state index in [1.54, 1.807) is 11.9 Å². The van der Waals surface area contributed by atoms with E-state index in [-0.39, 0.29) is 25.2 Å². The van der Waals surface area contributed by atoms with Crippen LogP contribution in [0.1, 0.15) is 17.7 Å². The Morgan fingerprint density at radius 2 is 2.09 bits per heavy atom. The maximum atomic E-state index is 13.0. The van der Waals surface area contributed by atoms with Crippen LogP contribution in [0.2, 0.25) is 0 Å². The predicted molar refractivity (Wildman–Crippen MR) is 80.1 cm³/mol. The molecule has 0 saturated heterocycles. The second-order valence-electron chi connectivity index (χ2n) is 5.78. The van der Waals surface area contributed by atoms with Crippen molar-refractivity contribution in [2.75, 3.05) is 30.8 Å². The molecule has 0 radical (unpaired) electrons. The summed E-state index contributed by atoms with van der Waals surface area (Å²) in [7, 11) is 1.77. The Hall–Kier alpha value is -2.03. The highest BCUT2D eigenvalue weighted by molar-refractivity contribution is 5.88. The topological polar surface area (TPSA) is 94.2 Å². The first-order valence-electron chi connectivity index (χ1n) is 7.37. The fraction of sp³-hybridized carbons (Fsp3) is 0.571. The number of likely N-dealkylation sites (N-methyl/N-ethyl adjacent to an activating group) is 1. The maximum absolute atomic E-state index is 13.0. The Kier molecular flexibility index (Phi) is 3.83. The standard InChI is InChI=1S/C14H18F3N5O/c1-22(5-4-18)12-11-10(20-13(19)21-12)8-6-7(14(15,16)17)2-3-9(8)23-11/h7H,2-6,18H2,1H3,(H2,19,20,21). The lowest BCUT2D eigenvalue weighted by molar-refractivity contribution is -0.177. The monoisotopic (exact) mass is 329 g/mol. The summed E-state index contributed by atoms with van der Waals surface area (Å²) in [6, 6.07) is 0. The highest BCUT2D eigenvalue weighted by Crippen LogP contribution is 2.41. The molecule has 0 aromatic carbocycles. The minimum absolute atomic E-state index is 0.00843. The molecule has 3 rings (SSSR count). The van der Waals surface area contributed by atoms with Gasteiger partial charge in [-0.3, -0.25) is 0 Å². The Morgan fingerprint density at radius 3 is 2.74 bits per heavy atom. The van der Waals surface area contributed by atoms with Gasteiger partial charge in [0.15, 0.2) is 11.4 Å². The average Bonchev–Trinajstić information content (AvgIpc) is 2.83. The predicted octanol–water partition coefficient (Wildman–Crippen LogP) is 1.87. The quantitative estimate of drug-likeness (QED) is 0.893. The van der Waals surface area contributed by atoms with Gasteiger partial charge in [-0.1, -0.05) is 0 Å². The van der Waals surface area contributed by atoms with Gasteiger partial charge in [-0.05, 0) is 12.8 Å². The summed E-state index contributed by atoms with van der Waals surface area (Å²) in [5.41, 5.74) is 12.5. The molecule has 2 heterocycles. The number of nitrogens with zero attached hydrogens (tertiary/aromatic N) is 3. The molecule has 1 unspecified atom stereocenters. The third-order valence-corrected chi connectivity index (χ3v) is 4.17. The Balaban J connectivity index is 2.10. The molecule has 1 aliphatic carbocycles. The summed E-state index contributed by atoms with van der Waals surface area (Å²) < 4.78 is 44.8. The number of furan rings is 1. The first-order valence-corrected chi connectivity index (χ1v) is 7.37. The number of hydrogen-bond acceptors (Lipinski definition) is 6. The van der Waals surface area contributed by atoms with Gasteiger partial charge >= 0.3 is 6.18 Å². The molecule has 0 amide bonds. The molecule has 126 valence electrons. The number of anilines is 2. The summed E-state index contributed by atoms with van der Waals surface area (Å²) in [6.07, 6.45) is -4.11. The van der Waals surface area contributed by atoms with Gasteiger partial charge in [0.25, 0.3) is 0 Å². The van der Waals surface area contributed by atoms with Crippen LogP contribution in [-0.2, 0) is 12.8 Å². The summed E-state index contributed by atoms with van der Waals surface area (Å²) >= 11 is 0. The Morgan fingerprint density at radius 1 is 1.35 bits per heavy atom. The number of hydrogen-bond donors (Lipinski definition) is 2. The number of rotatable bonds is 3. The van der Waals surface area contributed by atoms with Crippen LogP contribution >= 0.6 is 0 Å². The summed E-state index contributed by atoms with van der Waals surface area (Å²) in [5, 5.41) is 0. The average molecular weight is 329 g/mol. The van der Waals surface area contributed by atoms with Gasteiger partial charge in [-0.25, -0.2) is 4.98 Å². The van der Waals surface area contributed by atoms with Crippen LogP contribution < -0.4 is 16.4 Å². The van der Waals surface area contributed by atoms with Crippen LogP contribution in [0.15, 0.2) is 4.42 Å². The van der Waals surface area contributed by atoms with Crippen molar-refractivity contribution in [3.05, 3.63) is 11.3 Å². The number of aryl methyl sites for hydroxylation is 1. The normalized spacial score (nSPS) is 18.2. The maximum Gasteiger partial charge on any atom is 0.392 e. The molecular weight excluding hydrogens is 311 g/mol. The van der Waals surface area contributed by atoms with Crippen LogP contribution in [0.4, 0.5) is 24.9 Å². The van der Waals surface area contributed by atoms with Crippen LogP contribution in [0.5, 0.6) is 0 Å². The number of nitrogens with two attached hydrogens (primary N) is 2. The molecule has 2 aromatic heterocycles. The molecule has 0 spiro atoms. The van der Waals surface area contributed by atoms with Crippen molar-refractivity contribution in [1.82, 2.24) is 9.97 Å². The molecule has 9 heteroatoms. The van der Waals surface area contributed by atoms with Crippen LogP contribution in [0.25, 0.3) is 11.1 Å². The fourth-order valence-corrected chi connectivity index (χ4v) is 2.97. The van der Waals surface area contributed by atoms with Gasteiger partial charge in [-0.15, -0.1) is 0 Å². The molecule has 1 atom stereocenters. The number of halogens is 3. The van der Waals surface area contributed by atoms with Crippen molar-refractivity contribution in [1.29, 1.82) is 0 Å². The van der Waals surface area contributed by atoms with Crippen LogP contribution in [0.3, 0.4) is 0 Å².